The van der Waals surface area contributed by atoms with E-state index in [-0.39, 0.29) is 17.3 Å². The van der Waals surface area contributed by atoms with Gasteiger partial charge in [-0.2, -0.15) is 4.98 Å². The molecule has 1 aliphatic carbocycles. The SMILES string of the molecule is CC(C)Cc1nc(C2CN(C(=O)C3CCOCC3)CC23CCCC3)no1. The third kappa shape index (κ3) is 3.40. The van der Waals surface area contributed by atoms with E-state index < -0.39 is 0 Å². The van der Waals surface area contributed by atoms with Crippen molar-refractivity contribution < 1.29 is 14.1 Å². The molecule has 1 saturated carbocycles. The van der Waals surface area contributed by atoms with Crippen LogP contribution in [-0.4, -0.2) is 47.3 Å². The molecule has 3 aliphatic rings. The Morgan fingerprint density at radius 1 is 1.27 bits per heavy atom. The summed E-state index contributed by atoms with van der Waals surface area (Å²) in [6, 6.07) is 0. The van der Waals surface area contributed by atoms with Gasteiger partial charge in [0.05, 0.1) is 0 Å². The molecule has 26 heavy (non-hydrogen) atoms. The fraction of sp³-hybridized carbons (Fsp3) is 0.850. The molecule has 0 radical (unpaired) electrons. The van der Waals surface area contributed by atoms with E-state index in [1.165, 1.54) is 25.7 Å². The minimum atomic E-state index is 0.128. The number of hydrogen-bond acceptors (Lipinski definition) is 5. The topological polar surface area (TPSA) is 68.5 Å². The third-order valence-electron chi connectivity index (χ3n) is 6.51. The lowest BCUT2D eigenvalue weighted by Gasteiger charge is -2.29. The van der Waals surface area contributed by atoms with Crippen LogP contribution in [0.3, 0.4) is 0 Å². The van der Waals surface area contributed by atoms with Crippen LogP contribution in [-0.2, 0) is 16.0 Å². The lowest BCUT2D eigenvalue weighted by Crippen LogP contribution is -2.38. The Morgan fingerprint density at radius 3 is 2.69 bits per heavy atom. The summed E-state index contributed by atoms with van der Waals surface area (Å²) < 4.78 is 10.9. The van der Waals surface area contributed by atoms with E-state index in [9.17, 15) is 4.79 Å². The highest BCUT2D eigenvalue weighted by Gasteiger charge is 2.52. The smallest absolute Gasteiger partial charge is 0.226 e. The summed E-state index contributed by atoms with van der Waals surface area (Å²) in [5.41, 5.74) is 0.153. The van der Waals surface area contributed by atoms with Gasteiger partial charge in [0, 0.05) is 44.6 Å². The van der Waals surface area contributed by atoms with Crippen molar-refractivity contribution in [3.63, 3.8) is 0 Å². The Bertz CT molecular complexity index is 630. The van der Waals surface area contributed by atoms with Gasteiger partial charge in [-0.3, -0.25) is 4.79 Å². The van der Waals surface area contributed by atoms with Gasteiger partial charge < -0.3 is 14.2 Å². The molecule has 1 atom stereocenters. The molecular formula is C20H31N3O3. The quantitative estimate of drug-likeness (QED) is 0.824. The average molecular weight is 361 g/mol. The Kier molecular flexibility index (Phi) is 5.04. The zero-order chi connectivity index (χ0) is 18.1. The summed E-state index contributed by atoms with van der Waals surface area (Å²) >= 11 is 0. The van der Waals surface area contributed by atoms with Gasteiger partial charge in [0.2, 0.25) is 11.8 Å². The number of aromatic nitrogens is 2. The Morgan fingerprint density at radius 2 is 2.00 bits per heavy atom. The highest BCUT2D eigenvalue weighted by Crippen LogP contribution is 2.53. The maximum absolute atomic E-state index is 13.1. The van der Waals surface area contributed by atoms with Crippen LogP contribution in [0.5, 0.6) is 0 Å². The fourth-order valence-corrected chi connectivity index (χ4v) is 5.12. The van der Waals surface area contributed by atoms with Crippen molar-refractivity contribution in [3.05, 3.63) is 11.7 Å². The first-order chi connectivity index (χ1) is 12.6. The highest BCUT2D eigenvalue weighted by atomic mass is 16.5. The van der Waals surface area contributed by atoms with Crippen molar-refractivity contribution in [2.24, 2.45) is 17.3 Å². The summed E-state index contributed by atoms with van der Waals surface area (Å²) in [5.74, 6) is 2.72. The van der Waals surface area contributed by atoms with E-state index >= 15 is 0 Å². The van der Waals surface area contributed by atoms with Gasteiger partial charge >= 0.3 is 0 Å². The minimum absolute atomic E-state index is 0.128. The van der Waals surface area contributed by atoms with E-state index in [2.05, 4.69) is 23.9 Å². The highest BCUT2D eigenvalue weighted by molar-refractivity contribution is 5.79. The van der Waals surface area contributed by atoms with E-state index in [0.717, 1.165) is 44.1 Å². The van der Waals surface area contributed by atoms with Crippen LogP contribution in [0.25, 0.3) is 0 Å². The molecule has 0 bridgehead atoms. The van der Waals surface area contributed by atoms with Crippen LogP contribution >= 0.6 is 0 Å². The summed E-state index contributed by atoms with van der Waals surface area (Å²) in [6.45, 7) is 7.35. The van der Waals surface area contributed by atoms with Crippen molar-refractivity contribution in [3.8, 4) is 0 Å². The predicted molar refractivity (Wildman–Crippen MR) is 96.6 cm³/mol. The molecule has 0 N–H and O–H groups in total. The molecule has 144 valence electrons. The van der Waals surface area contributed by atoms with Crippen LogP contribution in [0.2, 0.25) is 0 Å². The van der Waals surface area contributed by atoms with Crippen LogP contribution in [0.1, 0.15) is 70.0 Å². The first-order valence-electron chi connectivity index (χ1n) is 10.3. The van der Waals surface area contributed by atoms with Crippen molar-refractivity contribution in [1.29, 1.82) is 0 Å². The Hall–Kier alpha value is -1.43. The lowest BCUT2D eigenvalue weighted by atomic mass is 9.76. The number of hydrogen-bond donors (Lipinski definition) is 0. The summed E-state index contributed by atoms with van der Waals surface area (Å²) in [6.07, 6.45) is 7.35. The second kappa shape index (κ2) is 7.29. The zero-order valence-corrected chi connectivity index (χ0v) is 16.1. The van der Waals surface area contributed by atoms with Gasteiger partial charge in [-0.15, -0.1) is 0 Å². The molecule has 6 nitrogen and oxygen atoms in total. The molecular weight excluding hydrogens is 330 g/mol. The van der Waals surface area contributed by atoms with E-state index in [4.69, 9.17) is 14.2 Å². The van der Waals surface area contributed by atoms with Gasteiger partial charge in [-0.05, 0) is 37.0 Å². The lowest BCUT2D eigenvalue weighted by molar-refractivity contribution is -0.137. The average Bonchev–Trinajstić information content (AvgIpc) is 3.36. The molecule has 1 aromatic heterocycles. The predicted octanol–water partition coefficient (Wildman–Crippen LogP) is 3.18. The monoisotopic (exact) mass is 361 g/mol. The Labute approximate surface area is 155 Å². The van der Waals surface area contributed by atoms with E-state index in [1.54, 1.807) is 0 Å². The number of carbonyl (C=O) groups excluding carboxylic acids is 1. The summed E-state index contributed by atoms with van der Waals surface area (Å²) in [7, 11) is 0. The molecule has 4 rings (SSSR count). The maximum Gasteiger partial charge on any atom is 0.226 e. The van der Waals surface area contributed by atoms with Crippen LogP contribution in [0.15, 0.2) is 4.52 Å². The van der Waals surface area contributed by atoms with Crippen LogP contribution in [0.4, 0.5) is 0 Å². The largest absolute Gasteiger partial charge is 0.381 e. The van der Waals surface area contributed by atoms with Gasteiger partial charge in [-0.25, -0.2) is 0 Å². The third-order valence-corrected chi connectivity index (χ3v) is 6.51. The van der Waals surface area contributed by atoms with Crippen LogP contribution in [0, 0.1) is 17.3 Å². The fourth-order valence-electron chi connectivity index (χ4n) is 5.12. The molecule has 0 aromatic carbocycles. The molecule has 2 saturated heterocycles. The van der Waals surface area contributed by atoms with Gasteiger partial charge in [0.25, 0.3) is 0 Å². The number of ether oxygens (including phenoxy) is 1. The number of nitrogens with zero attached hydrogens (tertiary/aromatic N) is 3. The normalized spacial score (nSPS) is 26.3. The molecule has 3 heterocycles. The van der Waals surface area contributed by atoms with Crippen molar-refractivity contribution in [1.82, 2.24) is 15.0 Å². The minimum Gasteiger partial charge on any atom is -0.381 e. The molecule has 1 aromatic rings. The maximum atomic E-state index is 13.1. The molecule has 3 fully saturated rings. The van der Waals surface area contributed by atoms with Crippen molar-refractivity contribution in [2.45, 2.75) is 64.7 Å². The summed E-state index contributed by atoms with van der Waals surface area (Å²) in [4.78, 5) is 19.9. The second-order valence-electron chi connectivity index (χ2n) is 8.87. The first kappa shape index (κ1) is 18.0. The number of likely N-dealkylation sites (tertiary alicyclic amines) is 1. The number of rotatable bonds is 4. The van der Waals surface area contributed by atoms with E-state index in [1.807, 2.05) is 0 Å². The standard InChI is InChI=1S/C20H31N3O3/c1-14(2)11-17-21-18(22-26-17)16-12-23(13-20(16)7-3-4-8-20)19(24)15-5-9-25-10-6-15/h14-16H,3-13H2,1-2H3. The molecule has 1 unspecified atom stereocenters. The molecule has 2 aliphatic heterocycles. The van der Waals surface area contributed by atoms with Crippen molar-refractivity contribution >= 4 is 5.91 Å². The summed E-state index contributed by atoms with van der Waals surface area (Å²) in [5, 5.41) is 4.33. The van der Waals surface area contributed by atoms with Gasteiger partial charge in [0.15, 0.2) is 5.82 Å². The zero-order valence-electron chi connectivity index (χ0n) is 16.1. The number of amides is 1. The molecule has 1 spiro atoms. The number of carbonyl (C=O) groups is 1. The molecule has 6 heteroatoms. The Balaban J connectivity index is 1.53. The molecule has 1 amide bonds. The van der Waals surface area contributed by atoms with Gasteiger partial charge in [0.1, 0.15) is 0 Å². The van der Waals surface area contributed by atoms with Crippen LogP contribution < -0.4 is 0 Å². The van der Waals surface area contributed by atoms with E-state index in [0.29, 0.717) is 25.0 Å². The van der Waals surface area contributed by atoms with Gasteiger partial charge in [-0.1, -0.05) is 31.8 Å². The second-order valence-corrected chi connectivity index (χ2v) is 8.87. The first-order valence-corrected chi connectivity index (χ1v) is 10.3. The van der Waals surface area contributed by atoms with Crippen molar-refractivity contribution in [2.75, 3.05) is 26.3 Å².